The SMILES string of the molecule is C.C=C/C=C(\C)NC(=O)Nc1cccc2c1-c1ccccc1C2.C=CC=C.CC. The van der Waals surface area contributed by atoms with E-state index in [0.29, 0.717) is 0 Å². The molecule has 29 heavy (non-hydrogen) atoms. The van der Waals surface area contributed by atoms with E-state index in [-0.39, 0.29) is 13.5 Å². The summed E-state index contributed by atoms with van der Waals surface area (Å²) in [7, 11) is 0. The molecule has 1 aliphatic rings. The molecule has 0 aliphatic heterocycles. The summed E-state index contributed by atoms with van der Waals surface area (Å²) in [6.07, 6.45) is 7.59. The van der Waals surface area contributed by atoms with Crippen molar-refractivity contribution < 1.29 is 4.79 Å². The molecule has 3 heteroatoms. The zero-order chi connectivity index (χ0) is 20.9. The second kappa shape index (κ2) is 13.8. The molecule has 2 aromatic carbocycles. The van der Waals surface area contributed by atoms with Gasteiger partial charge in [-0.05, 0) is 42.2 Å². The van der Waals surface area contributed by atoms with Crippen LogP contribution in [-0.4, -0.2) is 6.03 Å². The van der Waals surface area contributed by atoms with Crippen molar-refractivity contribution in [2.24, 2.45) is 0 Å². The molecule has 0 aromatic heterocycles. The molecule has 0 bridgehead atoms. The zero-order valence-electron chi connectivity index (χ0n) is 17.1. The summed E-state index contributed by atoms with van der Waals surface area (Å²) in [5, 5.41) is 5.73. The lowest BCUT2D eigenvalue weighted by molar-refractivity contribution is 0.254. The standard InChI is InChI=1S/C19H18N2O.C4H6.C2H6.CH4/c1-3-7-13(2)20-19(22)21-17-11-6-9-15-12-14-8-4-5-10-16(14)18(15)17;1-3-4-2;1-2;/h3-11H,1,12H2,2H3,(H2,20,21,22);3-4H,1-2H2;1-2H3;1H4/b13-7+;;;. The van der Waals surface area contributed by atoms with Gasteiger partial charge in [0.1, 0.15) is 0 Å². The van der Waals surface area contributed by atoms with Crippen molar-refractivity contribution in [2.75, 3.05) is 5.32 Å². The zero-order valence-corrected chi connectivity index (χ0v) is 17.1. The molecule has 0 heterocycles. The first-order valence-corrected chi connectivity index (χ1v) is 9.41. The summed E-state index contributed by atoms with van der Waals surface area (Å²) in [5.74, 6) is 0. The molecule has 0 atom stereocenters. The quantitative estimate of drug-likeness (QED) is 0.445. The fourth-order valence-electron chi connectivity index (χ4n) is 2.84. The second-order valence-corrected chi connectivity index (χ2v) is 5.81. The smallest absolute Gasteiger partial charge is 0.312 e. The Balaban J connectivity index is 0.00000100. The van der Waals surface area contributed by atoms with Gasteiger partial charge in [-0.25, -0.2) is 4.79 Å². The van der Waals surface area contributed by atoms with Crippen molar-refractivity contribution in [3.8, 4) is 11.1 Å². The number of nitrogens with one attached hydrogen (secondary N) is 2. The van der Waals surface area contributed by atoms with E-state index in [1.54, 1.807) is 24.3 Å². The maximum absolute atomic E-state index is 12.1. The third-order valence-electron chi connectivity index (χ3n) is 3.91. The normalized spacial score (nSPS) is 10.2. The Kier molecular flexibility index (Phi) is 12.2. The average molecular weight is 391 g/mol. The number of hydrogen-bond donors (Lipinski definition) is 2. The Morgan fingerprint density at radius 3 is 2.17 bits per heavy atom. The van der Waals surface area contributed by atoms with E-state index < -0.39 is 0 Å². The third-order valence-corrected chi connectivity index (χ3v) is 3.91. The highest BCUT2D eigenvalue weighted by molar-refractivity contribution is 5.97. The van der Waals surface area contributed by atoms with E-state index in [1.807, 2.05) is 45.0 Å². The summed E-state index contributed by atoms with van der Waals surface area (Å²) in [6, 6.07) is 14.1. The molecule has 0 fully saturated rings. The monoisotopic (exact) mass is 390 g/mol. The number of hydrogen-bond acceptors (Lipinski definition) is 1. The Hall–Kier alpha value is -3.33. The Morgan fingerprint density at radius 2 is 1.55 bits per heavy atom. The number of carbonyl (C=O) groups is 1. The van der Waals surface area contributed by atoms with Gasteiger partial charge in [0.15, 0.2) is 0 Å². The predicted molar refractivity (Wildman–Crippen MR) is 129 cm³/mol. The second-order valence-electron chi connectivity index (χ2n) is 5.81. The molecule has 154 valence electrons. The fourth-order valence-corrected chi connectivity index (χ4v) is 2.84. The van der Waals surface area contributed by atoms with E-state index in [4.69, 9.17) is 0 Å². The number of carbonyl (C=O) groups excluding carboxylic acids is 1. The minimum atomic E-state index is -0.242. The third kappa shape index (κ3) is 7.30. The number of urea groups is 1. The topological polar surface area (TPSA) is 41.1 Å². The molecule has 2 aromatic rings. The van der Waals surface area contributed by atoms with Crippen LogP contribution in [0.25, 0.3) is 11.1 Å². The molecule has 0 radical (unpaired) electrons. The Morgan fingerprint density at radius 1 is 0.931 bits per heavy atom. The van der Waals surface area contributed by atoms with Crippen LogP contribution in [0, 0.1) is 0 Å². The van der Waals surface area contributed by atoms with Crippen molar-refractivity contribution in [3.63, 3.8) is 0 Å². The highest BCUT2D eigenvalue weighted by atomic mass is 16.2. The first kappa shape index (κ1) is 25.7. The summed E-state index contributed by atoms with van der Waals surface area (Å²) >= 11 is 0. The molecule has 3 nitrogen and oxygen atoms in total. The molecular formula is C26H34N2O. The first-order valence-electron chi connectivity index (χ1n) is 9.41. The highest BCUT2D eigenvalue weighted by Gasteiger charge is 2.21. The highest BCUT2D eigenvalue weighted by Crippen LogP contribution is 2.41. The van der Waals surface area contributed by atoms with Crippen LogP contribution >= 0.6 is 0 Å². The lowest BCUT2D eigenvalue weighted by Gasteiger charge is -2.12. The van der Waals surface area contributed by atoms with Gasteiger partial charge in [0.05, 0.1) is 5.69 Å². The maximum Gasteiger partial charge on any atom is 0.323 e. The molecule has 0 spiro atoms. The molecule has 1 aliphatic carbocycles. The van der Waals surface area contributed by atoms with Crippen LogP contribution in [0.4, 0.5) is 10.5 Å². The van der Waals surface area contributed by atoms with Crippen LogP contribution < -0.4 is 10.6 Å². The number of benzene rings is 2. The summed E-state index contributed by atoms with van der Waals surface area (Å²) in [4.78, 5) is 12.1. The summed E-state index contributed by atoms with van der Waals surface area (Å²) in [5.41, 5.74) is 6.46. The van der Waals surface area contributed by atoms with Gasteiger partial charge in [0, 0.05) is 11.3 Å². The fraction of sp³-hybridized carbons (Fsp3) is 0.192. The summed E-state index contributed by atoms with van der Waals surface area (Å²) < 4.78 is 0. The number of rotatable bonds is 4. The lowest BCUT2D eigenvalue weighted by Crippen LogP contribution is -2.27. The van der Waals surface area contributed by atoms with Crippen LogP contribution in [0.15, 0.2) is 92.2 Å². The maximum atomic E-state index is 12.1. The van der Waals surface area contributed by atoms with Crippen molar-refractivity contribution in [1.82, 2.24) is 5.32 Å². The van der Waals surface area contributed by atoms with Crippen LogP contribution in [0.3, 0.4) is 0 Å². The Bertz CT molecular complexity index is 857. The molecule has 0 saturated heterocycles. The molecule has 3 rings (SSSR count). The van der Waals surface area contributed by atoms with Crippen molar-refractivity contribution in [2.45, 2.75) is 34.6 Å². The number of fused-ring (bicyclic) bond motifs is 3. The number of allylic oxidation sites excluding steroid dienone is 5. The van der Waals surface area contributed by atoms with Crippen molar-refractivity contribution in [1.29, 1.82) is 0 Å². The van der Waals surface area contributed by atoms with E-state index in [2.05, 4.69) is 48.6 Å². The van der Waals surface area contributed by atoms with Gasteiger partial charge in [0.25, 0.3) is 0 Å². The van der Waals surface area contributed by atoms with Crippen molar-refractivity contribution in [3.05, 3.63) is 103 Å². The van der Waals surface area contributed by atoms with Crippen molar-refractivity contribution >= 4 is 11.7 Å². The van der Waals surface area contributed by atoms with E-state index in [1.165, 1.54) is 16.7 Å². The van der Waals surface area contributed by atoms with Gasteiger partial charge in [0.2, 0.25) is 0 Å². The number of amides is 2. The van der Waals surface area contributed by atoms with E-state index in [9.17, 15) is 4.79 Å². The van der Waals surface area contributed by atoms with Crippen LogP contribution in [0.1, 0.15) is 39.3 Å². The largest absolute Gasteiger partial charge is 0.323 e. The van der Waals surface area contributed by atoms with Gasteiger partial charge in [-0.15, -0.1) is 0 Å². The average Bonchev–Trinajstić information content (AvgIpc) is 3.09. The minimum Gasteiger partial charge on any atom is -0.312 e. The van der Waals surface area contributed by atoms with Gasteiger partial charge in [-0.3, -0.25) is 0 Å². The van der Waals surface area contributed by atoms with Gasteiger partial charge in [-0.2, -0.15) is 0 Å². The van der Waals surface area contributed by atoms with Crippen LogP contribution in [0.2, 0.25) is 0 Å². The summed E-state index contributed by atoms with van der Waals surface area (Å²) in [6.45, 7) is 16.2. The van der Waals surface area contributed by atoms with Crippen LogP contribution in [0.5, 0.6) is 0 Å². The van der Waals surface area contributed by atoms with Gasteiger partial charge >= 0.3 is 6.03 Å². The number of anilines is 1. The minimum absolute atomic E-state index is 0. The Labute approximate surface area is 176 Å². The molecule has 2 N–H and O–H groups in total. The predicted octanol–water partition coefficient (Wildman–Crippen LogP) is 7.49. The lowest BCUT2D eigenvalue weighted by atomic mass is 10.0. The van der Waals surface area contributed by atoms with Gasteiger partial charge in [-0.1, -0.05) is 95.6 Å². The molecule has 0 saturated carbocycles. The first-order chi connectivity index (χ1) is 13.6. The van der Waals surface area contributed by atoms with E-state index >= 15 is 0 Å². The molecular weight excluding hydrogens is 356 g/mol. The van der Waals surface area contributed by atoms with E-state index in [0.717, 1.165) is 23.4 Å². The van der Waals surface area contributed by atoms with Crippen LogP contribution in [-0.2, 0) is 6.42 Å². The molecule has 0 unspecified atom stereocenters. The van der Waals surface area contributed by atoms with Gasteiger partial charge < -0.3 is 10.6 Å². The molecule has 2 amide bonds.